The summed E-state index contributed by atoms with van der Waals surface area (Å²) in [4.78, 5) is 29.6. The van der Waals surface area contributed by atoms with E-state index >= 15 is 4.39 Å². The number of rotatable bonds is 13. The molecule has 4 aromatic carbocycles. The van der Waals surface area contributed by atoms with E-state index in [2.05, 4.69) is 5.32 Å². The van der Waals surface area contributed by atoms with Gasteiger partial charge in [-0.1, -0.05) is 91.3 Å². The monoisotopic (exact) mass is 649 g/mol. The standard InChI is InChI=1S/C35H37ClFN3O4S/c1-4-26(3)38-35(42)33(21-27-13-7-5-8-14-27)39(23-28-15-11-12-18-31(28)37)34(41)24-40(32-22-29(36)20-19-25(32)2)45(43,44)30-16-9-6-10-17-30/h5-20,22,26,33H,4,21,23-24H2,1-3H3,(H,38,42). The molecule has 0 bridgehead atoms. The van der Waals surface area contributed by atoms with E-state index in [1.54, 1.807) is 49.4 Å². The fourth-order valence-electron chi connectivity index (χ4n) is 4.89. The lowest BCUT2D eigenvalue weighted by atomic mass is 10.0. The normalized spacial score (nSPS) is 12.6. The molecule has 0 aliphatic rings. The summed E-state index contributed by atoms with van der Waals surface area (Å²) in [5.41, 5.74) is 1.76. The number of aryl methyl sites for hydroxylation is 1. The highest BCUT2D eigenvalue weighted by Crippen LogP contribution is 2.30. The van der Waals surface area contributed by atoms with Crippen molar-refractivity contribution in [1.29, 1.82) is 0 Å². The molecule has 7 nitrogen and oxygen atoms in total. The average molecular weight is 650 g/mol. The molecule has 0 saturated carbocycles. The molecular weight excluding hydrogens is 613 g/mol. The number of carbonyl (C=O) groups is 2. The lowest BCUT2D eigenvalue weighted by Gasteiger charge is -2.34. The second-order valence-electron chi connectivity index (χ2n) is 10.9. The molecule has 0 aliphatic heterocycles. The molecule has 0 radical (unpaired) electrons. The topological polar surface area (TPSA) is 86.8 Å². The molecule has 4 aromatic rings. The number of nitrogens with one attached hydrogen (secondary N) is 1. The van der Waals surface area contributed by atoms with Crippen LogP contribution in [0.25, 0.3) is 0 Å². The van der Waals surface area contributed by atoms with E-state index in [-0.39, 0.29) is 40.2 Å². The van der Waals surface area contributed by atoms with Crippen molar-refractivity contribution in [2.24, 2.45) is 0 Å². The number of nitrogens with zero attached hydrogens (tertiary/aromatic N) is 2. The third kappa shape index (κ3) is 8.49. The fraction of sp³-hybridized carbons (Fsp3) is 0.257. The average Bonchev–Trinajstić information content (AvgIpc) is 3.04. The van der Waals surface area contributed by atoms with E-state index < -0.39 is 40.2 Å². The van der Waals surface area contributed by atoms with Gasteiger partial charge in [0.25, 0.3) is 10.0 Å². The van der Waals surface area contributed by atoms with E-state index in [0.29, 0.717) is 12.0 Å². The highest BCUT2D eigenvalue weighted by Gasteiger charge is 2.35. The minimum absolute atomic E-state index is 0.0202. The molecule has 45 heavy (non-hydrogen) atoms. The van der Waals surface area contributed by atoms with Gasteiger partial charge in [-0.05, 0) is 61.7 Å². The zero-order chi connectivity index (χ0) is 32.6. The summed E-state index contributed by atoms with van der Waals surface area (Å²) in [6, 6.07) is 26.5. The number of halogens is 2. The number of hydrogen-bond donors (Lipinski definition) is 1. The fourth-order valence-corrected chi connectivity index (χ4v) is 6.55. The van der Waals surface area contributed by atoms with Crippen LogP contribution in [-0.2, 0) is 32.6 Å². The van der Waals surface area contributed by atoms with E-state index in [1.165, 1.54) is 35.2 Å². The van der Waals surface area contributed by atoms with Crippen molar-refractivity contribution in [3.05, 3.63) is 131 Å². The SMILES string of the molecule is CCC(C)NC(=O)C(Cc1ccccc1)N(Cc1ccccc1F)C(=O)CN(c1cc(Cl)ccc1C)S(=O)(=O)c1ccccc1. The molecule has 0 aliphatic carbocycles. The third-order valence-corrected chi connectivity index (χ3v) is 9.63. The van der Waals surface area contributed by atoms with E-state index in [0.717, 1.165) is 9.87 Å². The van der Waals surface area contributed by atoms with Gasteiger partial charge >= 0.3 is 0 Å². The summed E-state index contributed by atoms with van der Waals surface area (Å²) in [6.07, 6.45) is 0.785. The number of benzene rings is 4. The first-order valence-corrected chi connectivity index (χ1v) is 16.5. The van der Waals surface area contributed by atoms with Gasteiger partial charge in [-0.15, -0.1) is 0 Å². The quantitative estimate of drug-likeness (QED) is 0.178. The minimum atomic E-state index is -4.28. The lowest BCUT2D eigenvalue weighted by Crippen LogP contribution is -2.54. The van der Waals surface area contributed by atoms with Gasteiger partial charge in [0, 0.05) is 29.6 Å². The Morgan fingerprint density at radius 1 is 0.911 bits per heavy atom. The first kappa shape index (κ1) is 33.7. The molecule has 2 amide bonds. The summed E-state index contributed by atoms with van der Waals surface area (Å²) in [5.74, 6) is -1.65. The van der Waals surface area contributed by atoms with Gasteiger partial charge in [-0.3, -0.25) is 13.9 Å². The Morgan fingerprint density at radius 2 is 1.53 bits per heavy atom. The molecule has 0 fully saturated rings. The Morgan fingerprint density at radius 3 is 2.18 bits per heavy atom. The van der Waals surface area contributed by atoms with Gasteiger partial charge < -0.3 is 10.2 Å². The van der Waals surface area contributed by atoms with Crippen molar-refractivity contribution in [3.63, 3.8) is 0 Å². The van der Waals surface area contributed by atoms with Gasteiger partial charge in [-0.2, -0.15) is 0 Å². The van der Waals surface area contributed by atoms with Crippen LogP contribution < -0.4 is 9.62 Å². The van der Waals surface area contributed by atoms with Crippen LogP contribution in [0.1, 0.15) is 37.0 Å². The maximum absolute atomic E-state index is 15.0. The molecule has 0 aromatic heterocycles. The zero-order valence-corrected chi connectivity index (χ0v) is 27.1. The minimum Gasteiger partial charge on any atom is -0.352 e. The summed E-state index contributed by atoms with van der Waals surface area (Å²) < 4.78 is 44.3. The third-order valence-electron chi connectivity index (χ3n) is 7.62. The summed E-state index contributed by atoms with van der Waals surface area (Å²) in [5, 5.41) is 3.25. The second-order valence-corrected chi connectivity index (χ2v) is 13.2. The van der Waals surface area contributed by atoms with Crippen molar-refractivity contribution in [1.82, 2.24) is 10.2 Å². The zero-order valence-electron chi connectivity index (χ0n) is 25.5. The van der Waals surface area contributed by atoms with Crippen molar-refractivity contribution in [3.8, 4) is 0 Å². The molecule has 2 unspecified atom stereocenters. The number of carbonyl (C=O) groups excluding carboxylic acids is 2. The second kappa shape index (κ2) is 15.2. The lowest BCUT2D eigenvalue weighted by molar-refractivity contribution is -0.140. The van der Waals surface area contributed by atoms with Crippen LogP contribution in [0.2, 0.25) is 5.02 Å². The van der Waals surface area contributed by atoms with E-state index in [1.807, 2.05) is 44.2 Å². The van der Waals surface area contributed by atoms with E-state index in [9.17, 15) is 18.0 Å². The van der Waals surface area contributed by atoms with Gasteiger partial charge in [0.15, 0.2) is 0 Å². The van der Waals surface area contributed by atoms with E-state index in [4.69, 9.17) is 11.6 Å². The van der Waals surface area contributed by atoms with Crippen molar-refractivity contribution in [2.75, 3.05) is 10.8 Å². The summed E-state index contributed by atoms with van der Waals surface area (Å²) in [7, 11) is -4.28. The molecule has 10 heteroatoms. The smallest absolute Gasteiger partial charge is 0.264 e. The molecule has 2 atom stereocenters. The Hall–Kier alpha value is -4.21. The van der Waals surface area contributed by atoms with Crippen LogP contribution in [0.3, 0.4) is 0 Å². The number of amides is 2. The summed E-state index contributed by atoms with van der Waals surface area (Å²) >= 11 is 6.31. The molecule has 1 N–H and O–H groups in total. The Balaban J connectivity index is 1.84. The molecule has 236 valence electrons. The molecule has 0 heterocycles. The molecular formula is C35H37ClFN3O4S. The van der Waals surface area contributed by atoms with Crippen LogP contribution in [0.4, 0.5) is 10.1 Å². The van der Waals surface area contributed by atoms with Crippen LogP contribution in [-0.4, -0.2) is 43.8 Å². The molecule has 0 saturated heterocycles. The highest BCUT2D eigenvalue weighted by atomic mass is 35.5. The predicted molar refractivity (Wildman–Crippen MR) is 176 cm³/mol. The van der Waals surface area contributed by atoms with Crippen molar-refractivity contribution in [2.45, 2.75) is 57.1 Å². The maximum atomic E-state index is 15.0. The first-order valence-electron chi connectivity index (χ1n) is 14.7. The van der Waals surface area contributed by atoms with Gasteiger partial charge in [-0.25, -0.2) is 12.8 Å². The molecule has 0 spiro atoms. The van der Waals surface area contributed by atoms with Gasteiger partial charge in [0.05, 0.1) is 10.6 Å². The Bertz CT molecular complexity index is 1720. The van der Waals surface area contributed by atoms with Crippen LogP contribution >= 0.6 is 11.6 Å². The summed E-state index contributed by atoms with van der Waals surface area (Å²) in [6.45, 7) is 4.59. The number of hydrogen-bond acceptors (Lipinski definition) is 4. The van der Waals surface area contributed by atoms with Crippen LogP contribution in [0.5, 0.6) is 0 Å². The van der Waals surface area contributed by atoms with Crippen molar-refractivity contribution >= 4 is 39.1 Å². The van der Waals surface area contributed by atoms with Gasteiger partial charge in [0.2, 0.25) is 11.8 Å². The Labute approximate surface area is 269 Å². The highest BCUT2D eigenvalue weighted by molar-refractivity contribution is 7.92. The number of anilines is 1. The Kier molecular flexibility index (Phi) is 11.4. The van der Waals surface area contributed by atoms with Crippen LogP contribution in [0.15, 0.2) is 108 Å². The number of sulfonamides is 1. The predicted octanol–water partition coefficient (Wildman–Crippen LogP) is 6.54. The largest absolute Gasteiger partial charge is 0.352 e. The van der Waals surface area contributed by atoms with Gasteiger partial charge in [0.1, 0.15) is 18.4 Å². The van der Waals surface area contributed by atoms with Crippen molar-refractivity contribution < 1.29 is 22.4 Å². The first-order chi connectivity index (χ1) is 21.5. The van der Waals surface area contributed by atoms with Crippen LogP contribution in [0, 0.1) is 12.7 Å². The molecule has 4 rings (SSSR count). The maximum Gasteiger partial charge on any atom is 0.264 e.